The zero-order valence-electron chi connectivity index (χ0n) is 12.2. The van der Waals surface area contributed by atoms with Crippen molar-refractivity contribution in [3.63, 3.8) is 0 Å². The first-order chi connectivity index (χ1) is 10.0. The number of nitrogens with zero attached hydrogens (tertiary/aromatic N) is 1. The summed E-state index contributed by atoms with van der Waals surface area (Å²) in [7, 11) is 0. The molecule has 1 aromatic heterocycles. The van der Waals surface area contributed by atoms with Gasteiger partial charge in [0.25, 0.3) is 0 Å². The van der Waals surface area contributed by atoms with Crippen LogP contribution in [0.25, 0.3) is 0 Å². The first kappa shape index (κ1) is 15.9. The summed E-state index contributed by atoms with van der Waals surface area (Å²) >= 11 is 1.32. The van der Waals surface area contributed by atoms with Crippen molar-refractivity contribution in [2.75, 3.05) is 6.61 Å². The van der Waals surface area contributed by atoms with Gasteiger partial charge in [-0.1, -0.05) is 19.3 Å². The smallest absolute Gasteiger partial charge is 0.357 e. The second-order valence-corrected chi connectivity index (χ2v) is 6.19. The fraction of sp³-hybridized carbons (Fsp3) is 0.643. The predicted molar refractivity (Wildman–Crippen MR) is 79.9 cm³/mol. The Labute approximate surface area is 128 Å². The highest BCUT2D eigenvalue weighted by atomic mass is 32.1. The number of nitrogens with two attached hydrogens (primary N) is 1. The Kier molecular flexibility index (Phi) is 5.30. The van der Waals surface area contributed by atoms with Gasteiger partial charge in [-0.3, -0.25) is 4.79 Å². The van der Waals surface area contributed by atoms with E-state index in [4.69, 9.17) is 10.5 Å². The fourth-order valence-electron chi connectivity index (χ4n) is 2.43. The highest BCUT2D eigenvalue weighted by molar-refractivity contribution is 7.09. The molecular formula is C14H21N3O3S. The molecule has 1 aliphatic rings. The van der Waals surface area contributed by atoms with Gasteiger partial charge in [0.1, 0.15) is 5.01 Å². The number of hydrogen-bond donors (Lipinski definition) is 2. The summed E-state index contributed by atoms with van der Waals surface area (Å²) in [4.78, 5) is 27.9. The van der Waals surface area contributed by atoms with Gasteiger partial charge in [-0.15, -0.1) is 11.3 Å². The molecule has 6 nitrogen and oxygen atoms in total. The monoisotopic (exact) mass is 311 g/mol. The van der Waals surface area contributed by atoms with Crippen molar-refractivity contribution in [2.45, 2.75) is 51.1 Å². The van der Waals surface area contributed by atoms with Crippen LogP contribution in [-0.4, -0.2) is 29.0 Å². The highest BCUT2D eigenvalue weighted by Crippen LogP contribution is 2.26. The third-order valence-electron chi connectivity index (χ3n) is 3.63. The highest BCUT2D eigenvalue weighted by Gasteiger charge is 2.35. The van der Waals surface area contributed by atoms with Gasteiger partial charge >= 0.3 is 5.97 Å². The van der Waals surface area contributed by atoms with E-state index in [1.54, 1.807) is 12.3 Å². The van der Waals surface area contributed by atoms with Gasteiger partial charge in [-0.25, -0.2) is 9.78 Å². The van der Waals surface area contributed by atoms with Gasteiger partial charge in [0, 0.05) is 5.38 Å². The molecule has 0 bridgehead atoms. The lowest BCUT2D eigenvalue weighted by Crippen LogP contribution is -2.54. The van der Waals surface area contributed by atoms with Crippen LogP contribution in [0.4, 0.5) is 0 Å². The van der Waals surface area contributed by atoms with Crippen LogP contribution in [0.3, 0.4) is 0 Å². The molecule has 1 heterocycles. The van der Waals surface area contributed by atoms with E-state index >= 15 is 0 Å². The third-order valence-corrected chi connectivity index (χ3v) is 4.48. The third kappa shape index (κ3) is 4.01. The van der Waals surface area contributed by atoms with Crippen molar-refractivity contribution in [2.24, 2.45) is 5.73 Å². The molecule has 116 valence electrons. The molecule has 0 aromatic carbocycles. The lowest BCUT2D eigenvalue weighted by atomic mass is 9.82. The average molecular weight is 311 g/mol. The minimum Gasteiger partial charge on any atom is -0.461 e. The van der Waals surface area contributed by atoms with E-state index in [1.807, 2.05) is 0 Å². The number of thiazole rings is 1. The van der Waals surface area contributed by atoms with Gasteiger partial charge in [0.05, 0.1) is 18.7 Å². The van der Waals surface area contributed by atoms with E-state index in [1.165, 1.54) is 11.3 Å². The number of carbonyl (C=O) groups excluding carboxylic acids is 2. The van der Waals surface area contributed by atoms with Gasteiger partial charge in [0.2, 0.25) is 5.91 Å². The Hall–Kier alpha value is -1.47. The molecule has 2 rings (SSSR count). The van der Waals surface area contributed by atoms with Crippen molar-refractivity contribution >= 4 is 23.2 Å². The van der Waals surface area contributed by atoms with Crippen molar-refractivity contribution in [1.29, 1.82) is 0 Å². The quantitative estimate of drug-likeness (QED) is 0.805. The fourth-order valence-corrected chi connectivity index (χ4v) is 3.14. The summed E-state index contributed by atoms with van der Waals surface area (Å²) in [6.07, 6.45) is 4.58. The van der Waals surface area contributed by atoms with Gasteiger partial charge in [-0.2, -0.15) is 0 Å². The summed E-state index contributed by atoms with van der Waals surface area (Å²) in [5.74, 6) is -0.566. The van der Waals surface area contributed by atoms with E-state index in [-0.39, 0.29) is 11.6 Å². The van der Waals surface area contributed by atoms with Crippen molar-refractivity contribution in [1.82, 2.24) is 10.3 Å². The molecular weight excluding hydrogens is 290 g/mol. The number of rotatable bonds is 5. The zero-order valence-corrected chi connectivity index (χ0v) is 13.0. The molecule has 1 amide bonds. The van der Waals surface area contributed by atoms with Crippen LogP contribution in [0.2, 0.25) is 0 Å². The van der Waals surface area contributed by atoms with Gasteiger partial charge in [-0.05, 0) is 19.8 Å². The summed E-state index contributed by atoms with van der Waals surface area (Å²) in [6, 6.07) is 0. The van der Waals surface area contributed by atoms with Crippen LogP contribution < -0.4 is 11.1 Å². The molecule has 1 saturated carbocycles. The Morgan fingerprint density at radius 1 is 1.43 bits per heavy atom. The molecule has 0 atom stereocenters. The molecule has 0 saturated heterocycles. The molecule has 1 aliphatic carbocycles. The molecule has 1 aromatic rings. The topological polar surface area (TPSA) is 94.3 Å². The Balaban J connectivity index is 1.88. The van der Waals surface area contributed by atoms with Crippen LogP contribution in [0.5, 0.6) is 0 Å². The van der Waals surface area contributed by atoms with E-state index in [2.05, 4.69) is 10.3 Å². The van der Waals surface area contributed by atoms with E-state index in [0.29, 0.717) is 18.2 Å². The van der Waals surface area contributed by atoms with Crippen molar-refractivity contribution in [3.05, 3.63) is 16.1 Å². The van der Waals surface area contributed by atoms with E-state index in [0.717, 1.165) is 32.1 Å². The summed E-state index contributed by atoms with van der Waals surface area (Å²) < 4.78 is 4.88. The maximum atomic E-state index is 12.2. The van der Waals surface area contributed by atoms with Crippen LogP contribution >= 0.6 is 11.3 Å². The first-order valence-electron chi connectivity index (χ1n) is 7.24. The van der Waals surface area contributed by atoms with E-state index in [9.17, 15) is 9.59 Å². The Bertz CT molecular complexity index is 509. The maximum absolute atomic E-state index is 12.2. The van der Waals surface area contributed by atoms with E-state index < -0.39 is 11.5 Å². The minimum atomic E-state index is -0.751. The maximum Gasteiger partial charge on any atom is 0.357 e. The van der Waals surface area contributed by atoms with Crippen LogP contribution in [0.15, 0.2) is 5.38 Å². The summed E-state index contributed by atoms with van der Waals surface area (Å²) in [5.41, 5.74) is 5.69. The Morgan fingerprint density at radius 3 is 2.81 bits per heavy atom. The number of carbonyl (C=O) groups is 2. The van der Waals surface area contributed by atoms with Crippen molar-refractivity contribution < 1.29 is 14.3 Å². The average Bonchev–Trinajstić information content (AvgIpc) is 2.95. The Morgan fingerprint density at radius 2 is 2.14 bits per heavy atom. The second-order valence-electron chi connectivity index (χ2n) is 5.25. The number of nitrogens with one attached hydrogen (secondary N) is 1. The molecule has 1 fully saturated rings. The zero-order chi connectivity index (χ0) is 15.3. The number of aromatic nitrogens is 1. The molecule has 0 radical (unpaired) electrons. The number of ether oxygens (including phenoxy) is 1. The molecule has 0 unspecified atom stereocenters. The van der Waals surface area contributed by atoms with Gasteiger partial charge < -0.3 is 15.8 Å². The predicted octanol–water partition coefficient (Wildman–Crippen LogP) is 1.60. The first-order valence-corrected chi connectivity index (χ1v) is 8.12. The number of amides is 1. The molecule has 7 heteroatoms. The van der Waals surface area contributed by atoms with Crippen LogP contribution in [-0.2, 0) is 16.1 Å². The summed E-state index contributed by atoms with van der Waals surface area (Å²) in [6.45, 7) is 2.36. The molecule has 3 N–H and O–H groups in total. The largest absolute Gasteiger partial charge is 0.461 e. The normalized spacial score (nSPS) is 17.2. The van der Waals surface area contributed by atoms with Gasteiger partial charge in [0.15, 0.2) is 5.69 Å². The minimum absolute atomic E-state index is 0.130. The van der Waals surface area contributed by atoms with Crippen LogP contribution in [0.1, 0.15) is 54.5 Å². The summed E-state index contributed by atoms with van der Waals surface area (Å²) in [5, 5.41) is 5.13. The van der Waals surface area contributed by atoms with Crippen LogP contribution in [0, 0.1) is 0 Å². The van der Waals surface area contributed by atoms with Crippen molar-refractivity contribution in [3.8, 4) is 0 Å². The lowest BCUT2D eigenvalue weighted by Gasteiger charge is -2.31. The standard InChI is InChI=1S/C14H21N3O3S/c1-2-20-12(18)10-9-21-11(17-10)8-16-13(19)14(15)6-4-3-5-7-14/h9H,2-8,15H2,1H3,(H,16,19). The molecule has 21 heavy (non-hydrogen) atoms. The number of hydrogen-bond acceptors (Lipinski definition) is 6. The molecule has 0 aliphatic heterocycles. The second kappa shape index (κ2) is 7.00. The SMILES string of the molecule is CCOC(=O)c1csc(CNC(=O)C2(N)CCCCC2)n1. The lowest BCUT2D eigenvalue weighted by molar-refractivity contribution is -0.127. The molecule has 0 spiro atoms. The number of esters is 1.